The van der Waals surface area contributed by atoms with E-state index >= 15 is 0 Å². The van der Waals surface area contributed by atoms with E-state index in [4.69, 9.17) is 30.0 Å². The molecule has 0 saturated carbocycles. The molecule has 0 atom stereocenters. The normalized spacial score (nSPS) is 20.2. The molecule has 0 aliphatic carbocycles. The van der Waals surface area contributed by atoms with Crippen LogP contribution in [0.5, 0.6) is 0 Å². The summed E-state index contributed by atoms with van der Waals surface area (Å²) in [7, 11) is 0. The molecule has 0 fully saturated rings. The van der Waals surface area contributed by atoms with Crippen LogP contribution in [-0.4, -0.2) is 126 Å². The van der Waals surface area contributed by atoms with Crippen LogP contribution in [-0.2, 0) is 0 Å². The summed E-state index contributed by atoms with van der Waals surface area (Å²) in [5, 5.41) is 3.81. The van der Waals surface area contributed by atoms with Crippen LogP contribution in [0.2, 0.25) is 0 Å². The van der Waals surface area contributed by atoms with Gasteiger partial charge < -0.3 is 0 Å². The molecule has 256 valence electrons. The van der Waals surface area contributed by atoms with E-state index in [9.17, 15) is 0 Å². The lowest BCUT2D eigenvalue weighted by Gasteiger charge is -2.19. The fourth-order valence-electron chi connectivity index (χ4n) is 5.81. The molecule has 8 nitrogen and oxygen atoms in total. The molecule has 0 N–H and O–H groups in total. The third kappa shape index (κ3) is 8.86. The fourth-order valence-corrected chi connectivity index (χ4v) is 12.6. The molecule has 12 aliphatic rings. The third-order valence-corrected chi connectivity index (χ3v) is 15.1. The van der Waals surface area contributed by atoms with Crippen molar-refractivity contribution in [3.05, 3.63) is 65.7 Å². The van der Waals surface area contributed by atoms with Gasteiger partial charge in [-0.25, -0.2) is 0 Å². The standard InChI is InChI=1S/C36H36N8S6/c1-7-43-8-2-38-20-30-15-26-17-32(49-35(26)47-30)23-41-5-11-44(10-4-40-22-29-14-25-13-28(19-37-1)45-34(25)46-29)12-6-42-24-33-18-27-16-31(21-39-3-9-43)48-36(27)50-33/h13-24H,1-12H2. The van der Waals surface area contributed by atoms with E-state index in [0.717, 1.165) is 78.5 Å². The van der Waals surface area contributed by atoms with E-state index in [2.05, 4.69) is 46.2 Å². The van der Waals surface area contributed by atoms with E-state index in [1.54, 1.807) is 68.0 Å². The van der Waals surface area contributed by atoms with Crippen molar-refractivity contribution in [2.45, 2.75) is 0 Å². The van der Waals surface area contributed by atoms with Gasteiger partial charge in [-0.15, -0.1) is 68.0 Å². The Labute approximate surface area is 315 Å². The summed E-state index contributed by atoms with van der Waals surface area (Å²) in [5.41, 5.74) is 0. The van der Waals surface area contributed by atoms with Crippen molar-refractivity contribution < 1.29 is 0 Å². The molecule has 18 rings (SSSR count). The lowest BCUT2D eigenvalue weighted by molar-refractivity contribution is 0.298. The quantitative estimate of drug-likeness (QED) is 0.157. The van der Waals surface area contributed by atoms with Crippen LogP contribution in [0.25, 0.3) is 28.2 Å². The van der Waals surface area contributed by atoms with Gasteiger partial charge in [0, 0.05) is 122 Å². The zero-order valence-electron chi connectivity index (χ0n) is 27.4. The number of hydrogen-bond acceptors (Lipinski definition) is 14. The highest BCUT2D eigenvalue weighted by Crippen LogP contribution is 2.34. The predicted molar refractivity (Wildman–Crippen MR) is 227 cm³/mol. The van der Waals surface area contributed by atoms with Gasteiger partial charge in [-0.2, -0.15) is 0 Å². The van der Waals surface area contributed by atoms with E-state index in [1.165, 1.54) is 57.5 Å². The molecule has 0 aromatic carbocycles. The topological polar surface area (TPSA) is 80.6 Å². The highest BCUT2D eigenvalue weighted by Gasteiger charge is 2.10. The van der Waals surface area contributed by atoms with E-state index in [1.807, 2.05) is 37.3 Å². The molecule has 50 heavy (non-hydrogen) atoms. The van der Waals surface area contributed by atoms with Crippen LogP contribution in [0.3, 0.4) is 0 Å². The Morgan fingerprint density at radius 3 is 0.700 bits per heavy atom. The fraction of sp³-hybridized carbons (Fsp3) is 0.333. The van der Waals surface area contributed by atoms with Gasteiger partial charge in [-0.05, 0) is 36.4 Å². The summed E-state index contributed by atoms with van der Waals surface area (Å²) in [4.78, 5) is 41.0. The van der Waals surface area contributed by atoms with Crippen LogP contribution < -0.4 is 0 Å². The largest absolute Gasteiger partial charge is 0.298 e. The SMILES string of the molecule is C1=NCCN2CCN=Cc3cc4cc(sc4s3)C=NCCN(CCN=Cc3cc4cc1sc4s3)CCN=Cc1cc3cc(sc3s1)C=NCC2. The first kappa shape index (κ1) is 34.0. The molecule has 0 spiro atoms. The predicted octanol–water partition coefficient (Wildman–Crippen LogP) is 8.06. The molecule has 0 amide bonds. The first-order valence-electron chi connectivity index (χ1n) is 16.7. The van der Waals surface area contributed by atoms with Crippen LogP contribution in [0.1, 0.15) is 29.3 Å². The summed E-state index contributed by atoms with van der Waals surface area (Å²) in [5.74, 6) is 0. The lowest BCUT2D eigenvalue weighted by atomic mass is 10.3. The molecule has 14 heteroatoms. The van der Waals surface area contributed by atoms with Crippen molar-refractivity contribution in [1.82, 2.24) is 9.80 Å². The molecule has 12 aliphatic heterocycles. The molecular formula is C36H36N8S6. The van der Waals surface area contributed by atoms with Gasteiger partial charge in [-0.1, -0.05) is 0 Å². The monoisotopic (exact) mass is 772 g/mol. The summed E-state index contributed by atoms with van der Waals surface area (Å²) in [6.45, 7) is 9.70. The minimum atomic E-state index is 0.744. The molecule has 6 aromatic heterocycles. The van der Waals surface area contributed by atoms with Crippen molar-refractivity contribution in [3.8, 4) is 0 Å². The van der Waals surface area contributed by atoms with E-state index in [0.29, 0.717) is 0 Å². The van der Waals surface area contributed by atoms with Gasteiger partial charge in [0.1, 0.15) is 0 Å². The van der Waals surface area contributed by atoms with Gasteiger partial charge in [0.25, 0.3) is 0 Å². The van der Waals surface area contributed by atoms with Crippen molar-refractivity contribution >= 4 is 134 Å². The van der Waals surface area contributed by atoms with Crippen molar-refractivity contribution in [2.24, 2.45) is 30.0 Å². The minimum absolute atomic E-state index is 0.744. The number of hydrogen-bond donors (Lipinski definition) is 0. The van der Waals surface area contributed by atoms with Crippen LogP contribution in [0, 0.1) is 0 Å². The Balaban J connectivity index is 1.07. The van der Waals surface area contributed by atoms with Gasteiger partial charge in [-0.3, -0.25) is 39.8 Å². The van der Waals surface area contributed by atoms with Gasteiger partial charge in [0.05, 0.1) is 51.3 Å². The maximum atomic E-state index is 4.83. The average molecular weight is 773 g/mol. The molecule has 6 aromatic rings. The lowest BCUT2D eigenvalue weighted by Crippen LogP contribution is -2.31. The Hall–Kier alpha value is -3.08. The third-order valence-electron chi connectivity index (χ3n) is 8.34. The molecular weight excluding hydrogens is 737 g/mol. The van der Waals surface area contributed by atoms with Gasteiger partial charge in [0.2, 0.25) is 0 Å². The van der Waals surface area contributed by atoms with Crippen molar-refractivity contribution in [3.63, 3.8) is 0 Å². The second-order valence-corrected chi connectivity index (χ2v) is 19.3. The Morgan fingerprint density at radius 2 is 0.520 bits per heavy atom. The van der Waals surface area contributed by atoms with Crippen LogP contribution in [0.4, 0.5) is 0 Å². The average Bonchev–Trinajstić information content (AvgIpc) is 3.93. The zero-order chi connectivity index (χ0) is 33.5. The summed E-state index contributed by atoms with van der Waals surface area (Å²) < 4.78 is 3.95. The summed E-state index contributed by atoms with van der Waals surface area (Å²) >= 11 is 10.8. The second kappa shape index (κ2) is 16.5. The van der Waals surface area contributed by atoms with Gasteiger partial charge >= 0.3 is 0 Å². The number of nitrogens with zero attached hydrogens (tertiary/aromatic N) is 8. The van der Waals surface area contributed by atoms with Crippen LogP contribution >= 0.6 is 68.0 Å². The van der Waals surface area contributed by atoms with E-state index in [-0.39, 0.29) is 0 Å². The Bertz CT molecular complexity index is 1750. The number of aliphatic imine (C=N–C) groups is 6. The molecule has 14 bridgehead atoms. The van der Waals surface area contributed by atoms with Gasteiger partial charge in [0.15, 0.2) is 0 Å². The summed E-state index contributed by atoms with van der Waals surface area (Å²) in [6.07, 6.45) is 12.2. The number of thiophene rings is 6. The Morgan fingerprint density at radius 1 is 0.320 bits per heavy atom. The molecule has 18 heterocycles. The molecule has 0 radical (unpaired) electrons. The highest BCUT2D eigenvalue weighted by molar-refractivity contribution is 7.40. The first-order valence-corrected chi connectivity index (χ1v) is 21.6. The Kier molecular flexibility index (Phi) is 11.2. The first-order chi connectivity index (χ1) is 24.7. The van der Waals surface area contributed by atoms with Crippen molar-refractivity contribution in [2.75, 3.05) is 78.5 Å². The maximum Gasteiger partial charge on any atom is 0.0878 e. The number of rotatable bonds is 0. The molecule has 0 saturated heterocycles. The van der Waals surface area contributed by atoms with Crippen molar-refractivity contribution in [1.29, 1.82) is 0 Å². The smallest absolute Gasteiger partial charge is 0.0878 e. The second-order valence-electron chi connectivity index (χ2n) is 12.0. The van der Waals surface area contributed by atoms with Crippen LogP contribution in [0.15, 0.2) is 66.4 Å². The van der Waals surface area contributed by atoms with E-state index < -0.39 is 0 Å². The highest BCUT2D eigenvalue weighted by atomic mass is 32.2. The minimum Gasteiger partial charge on any atom is -0.298 e. The summed E-state index contributed by atoms with van der Waals surface area (Å²) in [6, 6.07) is 13.5. The molecule has 0 unspecified atom stereocenters. The zero-order valence-corrected chi connectivity index (χ0v) is 32.3. The maximum absolute atomic E-state index is 4.83.